The molecule has 2 amide bonds. The van der Waals surface area contributed by atoms with Gasteiger partial charge in [-0.25, -0.2) is 0 Å². The highest BCUT2D eigenvalue weighted by atomic mass is 35.5. The summed E-state index contributed by atoms with van der Waals surface area (Å²) >= 11 is 11.5. The Labute approximate surface area is 249 Å². The average Bonchev–Trinajstić information content (AvgIpc) is 2.90. The number of nitrogens with one attached hydrogen (secondary N) is 1. The molecule has 3 rings (SSSR count). The van der Waals surface area contributed by atoms with Crippen molar-refractivity contribution in [3.63, 3.8) is 0 Å². The third-order valence-electron chi connectivity index (χ3n) is 6.17. The number of amides is 2. The second kappa shape index (κ2) is 19.2. The lowest BCUT2D eigenvalue weighted by Crippen LogP contribution is -2.51. The van der Waals surface area contributed by atoms with Crippen LogP contribution in [0.15, 0.2) is 54.6 Å². The zero-order chi connectivity index (χ0) is 30.2. The van der Waals surface area contributed by atoms with Crippen LogP contribution in [0.1, 0.15) is 79.3 Å². The molecule has 8 heteroatoms. The van der Waals surface area contributed by atoms with Gasteiger partial charge >= 0.3 is 0 Å². The van der Waals surface area contributed by atoms with Crippen LogP contribution >= 0.6 is 23.2 Å². The molecule has 39 heavy (non-hydrogen) atoms. The molecule has 1 aliphatic rings. The van der Waals surface area contributed by atoms with Crippen LogP contribution in [0.4, 0.5) is 0 Å². The topological polar surface area (TPSA) is 66.5 Å². The maximum Gasteiger partial charge on any atom is 0.229 e. The molecule has 0 radical (unpaired) electrons. The molecule has 1 saturated heterocycles. The molecule has 0 aliphatic carbocycles. The molecule has 1 aliphatic heterocycles. The highest BCUT2D eigenvalue weighted by Gasteiger charge is 2.45. The van der Waals surface area contributed by atoms with Gasteiger partial charge in [0, 0.05) is 52.4 Å². The van der Waals surface area contributed by atoms with E-state index in [1.165, 1.54) is 0 Å². The monoisotopic (exact) mass is 598 g/mol. The van der Waals surface area contributed by atoms with Crippen LogP contribution < -0.4 is 5.32 Å². The third-order valence-corrected chi connectivity index (χ3v) is 8.00. The van der Waals surface area contributed by atoms with E-state index in [1.54, 1.807) is 13.3 Å². The first-order valence-corrected chi connectivity index (χ1v) is 16.0. The number of hydrogen-bond acceptors (Lipinski definition) is 3. The second-order valence-corrected chi connectivity index (χ2v) is 13.0. The van der Waals surface area contributed by atoms with E-state index in [-0.39, 0.29) is 24.3 Å². The van der Waals surface area contributed by atoms with Crippen LogP contribution in [0.2, 0.25) is 10.0 Å². The molecule has 0 aromatic heterocycles. The van der Waals surface area contributed by atoms with Crippen molar-refractivity contribution in [2.45, 2.75) is 79.0 Å². The Morgan fingerprint density at radius 1 is 1.03 bits per heavy atom. The molecule has 0 spiro atoms. The minimum Gasteiger partial charge on any atom is -0.359 e. The quantitative estimate of drug-likeness (QED) is 0.367. The lowest BCUT2D eigenvalue weighted by atomic mass is 9.74. The first-order chi connectivity index (χ1) is 18.3. The second-order valence-electron chi connectivity index (χ2n) is 10.2. The van der Waals surface area contributed by atoms with Crippen molar-refractivity contribution in [2.75, 3.05) is 19.8 Å². The molecule has 1 fully saturated rings. The minimum absolute atomic E-state index is 0.0509. The number of benzene rings is 2. The number of likely N-dealkylation sites (tertiary alicyclic amines) is 1. The lowest BCUT2D eigenvalue weighted by Gasteiger charge is -2.45. The smallest absolute Gasteiger partial charge is 0.229 e. The number of carbonyl (C=O) groups excluding carboxylic acids is 2. The molecule has 3 atom stereocenters. The molecule has 5 nitrogen and oxygen atoms in total. The number of piperidine rings is 1. The SMILES string of the molecule is CC.CC(C)S(C)=O.CNC(=O)C[C@@]1(C)CCC(c2ccc(Cl)cc2)N(CC(C)C)C1=O.Clc1ccccc1. The summed E-state index contributed by atoms with van der Waals surface area (Å²) in [6, 6.07) is 17.2. The first kappa shape index (κ1) is 37.1. The minimum atomic E-state index is -0.627. The summed E-state index contributed by atoms with van der Waals surface area (Å²) in [6.45, 7) is 14.7. The predicted molar refractivity (Wildman–Crippen MR) is 169 cm³/mol. The summed E-state index contributed by atoms with van der Waals surface area (Å²) in [5.41, 5.74) is 0.480. The van der Waals surface area contributed by atoms with Gasteiger partial charge in [-0.05, 0) is 48.6 Å². The van der Waals surface area contributed by atoms with Crippen LogP contribution in [0.25, 0.3) is 0 Å². The van der Waals surface area contributed by atoms with Crippen molar-refractivity contribution in [1.82, 2.24) is 10.2 Å². The molecular weight excluding hydrogens is 551 g/mol. The van der Waals surface area contributed by atoms with Gasteiger partial charge in [0.1, 0.15) is 0 Å². The van der Waals surface area contributed by atoms with E-state index < -0.39 is 16.2 Å². The highest BCUT2D eigenvalue weighted by molar-refractivity contribution is 7.84. The van der Waals surface area contributed by atoms with Crippen LogP contribution in [0.5, 0.6) is 0 Å². The van der Waals surface area contributed by atoms with E-state index in [0.29, 0.717) is 29.2 Å². The van der Waals surface area contributed by atoms with Gasteiger partial charge in [0.15, 0.2) is 0 Å². The van der Waals surface area contributed by atoms with E-state index in [2.05, 4.69) is 19.2 Å². The lowest BCUT2D eigenvalue weighted by molar-refractivity contribution is -0.153. The summed E-state index contributed by atoms with van der Waals surface area (Å²) < 4.78 is 10.3. The first-order valence-electron chi connectivity index (χ1n) is 13.6. The van der Waals surface area contributed by atoms with Gasteiger partial charge in [-0.2, -0.15) is 0 Å². The zero-order valence-corrected chi connectivity index (χ0v) is 27.4. The molecule has 220 valence electrons. The molecule has 1 heterocycles. The van der Waals surface area contributed by atoms with Crippen molar-refractivity contribution < 1.29 is 13.8 Å². The van der Waals surface area contributed by atoms with Crippen LogP contribution in [-0.2, 0) is 20.4 Å². The van der Waals surface area contributed by atoms with Crippen LogP contribution in [0, 0.1) is 11.3 Å². The summed E-state index contributed by atoms with van der Waals surface area (Å²) in [4.78, 5) is 27.0. The average molecular weight is 600 g/mol. The zero-order valence-electron chi connectivity index (χ0n) is 25.1. The number of carbonyl (C=O) groups is 2. The largest absolute Gasteiger partial charge is 0.359 e. The van der Waals surface area contributed by atoms with E-state index >= 15 is 0 Å². The number of halogens is 2. The molecule has 2 aromatic rings. The van der Waals surface area contributed by atoms with Crippen LogP contribution in [-0.4, -0.2) is 46.0 Å². The maximum atomic E-state index is 13.2. The maximum absolute atomic E-state index is 13.2. The third kappa shape index (κ3) is 13.8. The van der Waals surface area contributed by atoms with E-state index in [4.69, 9.17) is 23.2 Å². The Bertz CT molecular complexity index is 1000. The van der Waals surface area contributed by atoms with Crippen molar-refractivity contribution in [2.24, 2.45) is 11.3 Å². The van der Waals surface area contributed by atoms with Crippen molar-refractivity contribution in [3.8, 4) is 0 Å². The summed E-state index contributed by atoms with van der Waals surface area (Å²) in [7, 11) is 0.995. The highest BCUT2D eigenvalue weighted by Crippen LogP contribution is 2.43. The standard InChI is InChI=1S/C19H27ClN2O2.C6H5Cl.C4H10OS.C2H6/c1-13(2)12-22-16(14-5-7-15(20)8-6-14)9-10-19(3,18(22)24)11-17(23)21-4;7-6-4-2-1-3-5-6;1-4(2)6(3)5;1-2/h5-8,13,16H,9-12H2,1-4H3,(H,21,23);1-5H;4H,1-3H3;1-2H3/t16?,19-;;;/m1.../s1. The van der Waals surface area contributed by atoms with Gasteiger partial charge in [0.2, 0.25) is 11.8 Å². The van der Waals surface area contributed by atoms with Gasteiger partial charge < -0.3 is 10.2 Å². The Balaban J connectivity index is 0.000000784. The van der Waals surface area contributed by atoms with E-state index in [9.17, 15) is 13.8 Å². The molecule has 0 saturated carbocycles. The predicted octanol–water partition coefficient (Wildman–Crippen LogP) is 7.94. The van der Waals surface area contributed by atoms with Crippen LogP contribution in [0.3, 0.4) is 0 Å². The van der Waals surface area contributed by atoms with E-state index in [1.807, 2.05) is 94.1 Å². The number of hydrogen-bond donors (Lipinski definition) is 1. The Morgan fingerprint density at radius 2 is 1.51 bits per heavy atom. The normalized spacial score (nSPS) is 19.1. The fourth-order valence-electron chi connectivity index (χ4n) is 3.86. The Hall–Kier alpha value is -1.89. The van der Waals surface area contributed by atoms with Gasteiger partial charge in [-0.1, -0.05) is 102 Å². The van der Waals surface area contributed by atoms with Crippen molar-refractivity contribution in [3.05, 3.63) is 70.2 Å². The summed E-state index contributed by atoms with van der Waals surface area (Å²) in [5, 5.41) is 4.45. The molecule has 2 unspecified atom stereocenters. The molecule has 2 aromatic carbocycles. The number of nitrogens with zero attached hydrogens (tertiary/aromatic N) is 1. The Kier molecular flexibility index (Phi) is 18.3. The Morgan fingerprint density at radius 3 is 1.90 bits per heavy atom. The molecule has 0 bridgehead atoms. The van der Waals surface area contributed by atoms with Crippen molar-refractivity contribution >= 4 is 45.8 Å². The summed E-state index contributed by atoms with van der Waals surface area (Å²) in [5.74, 6) is 0.359. The van der Waals surface area contributed by atoms with Gasteiger partial charge in [-0.15, -0.1) is 0 Å². The number of rotatable bonds is 6. The van der Waals surface area contributed by atoms with Gasteiger partial charge in [0.05, 0.1) is 11.5 Å². The molecule has 1 N–H and O–H groups in total. The van der Waals surface area contributed by atoms with E-state index in [0.717, 1.165) is 17.0 Å². The molecular formula is C31H48Cl2N2O3S. The fourth-order valence-corrected chi connectivity index (χ4v) is 4.13. The summed E-state index contributed by atoms with van der Waals surface area (Å²) in [6.07, 6.45) is 3.52. The fraction of sp³-hybridized carbons (Fsp3) is 0.548. The van der Waals surface area contributed by atoms with Crippen molar-refractivity contribution in [1.29, 1.82) is 0 Å². The van der Waals surface area contributed by atoms with Gasteiger partial charge in [0.25, 0.3) is 0 Å². The van der Waals surface area contributed by atoms with Gasteiger partial charge in [-0.3, -0.25) is 13.8 Å².